The molecule has 0 aromatic heterocycles. The lowest BCUT2D eigenvalue weighted by atomic mass is 10.3. The average molecular weight is 204 g/mol. The Labute approximate surface area is 87.7 Å². The number of rotatable bonds is 10. The standard InChI is InChI=1S/C11H24O3/c1-4-7-9-12-10-8-11(13-5-2)14-6-3/h11H,4-10H2,1-3H3. The molecule has 0 unspecified atom stereocenters. The van der Waals surface area contributed by atoms with Gasteiger partial charge in [-0.2, -0.15) is 0 Å². The van der Waals surface area contributed by atoms with E-state index in [4.69, 9.17) is 14.2 Å². The first kappa shape index (κ1) is 13.9. The van der Waals surface area contributed by atoms with E-state index < -0.39 is 0 Å². The van der Waals surface area contributed by atoms with Gasteiger partial charge in [0.2, 0.25) is 0 Å². The molecule has 3 nitrogen and oxygen atoms in total. The Hall–Kier alpha value is -0.120. The Balaban J connectivity index is 3.30. The van der Waals surface area contributed by atoms with Crippen LogP contribution in [-0.2, 0) is 14.2 Å². The third-order valence-corrected chi connectivity index (χ3v) is 1.85. The minimum Gasteiger partial charge on any atom is -0.381 e. The van der Waals surface area contributed by atoms with Gasteiger partial charge in [-0.05, 0) is 20.3 Å². The molecule has 0 aromatic carbocycles. The van der Waals surface area contributed by atoms with E-state index in [-0.39, 0.29) is 6.29 Å². The van der Waals surface area contributed by atoms with Crippen LogP contribution in [0.2, 0.25) is 0 Å². The summed E-state index contributed by atoms with van der Waals surface area (Å²) in [6, 6.07) is 0. The fourth-order valence-electron chi connectivity index (χ4n) is 1.11. The molecular weight excluding hydrogens is 180 g/mol. The topological polar surface area (TPSA) is 27.7 Å². The highest BCUT2D eigenvalue weighted by atomic mass is 16.7. The van der Waals surface area contributed by atoms with E-state index in [1.165, 1.54) is 6.42 Å². The normalized spacial score (nSPS) is 11.1. The van der Waals surface area contributed by atoms with E-state index in [1.807, 2.05) is 13.8 Å². The molecule has 0 N–H and O–H groups in total. The highest BCUT2D eigenvalue weighted by Crippen LogP contribution is 2.01. The summed E-state index contributed by atoms with van der Waals surface area (Å²) in [5.41, 5.74) is 0. The molecule has 0 saturated carbocycles. The van der Waals surface area contributed by atoms with Crippen molar-refractivity contribution in [3.63, 3.8) is 0 Å². The highest BCUT2D eigenvalue weighted by molar-refractivity contribution is 4.44. The zero-order valence-electron chi connectivity index (χ0n) is 9.75. The summed E-state index contributed by atoms with van der Waals surface area (Å²) in [5, 5.41) is 0. The van der Waals surface area contributed by atoms with Crippen LogP contribution in [0.25, 0.3) is 0 Å². The van der Waals surface area contributed by atoms with Crippen LogP contribution in [0.15, 0.2) is 0 Å². The summed E-state index contributed by atoms with van der Waals surface area (Å²) in [6.07, 6.45) is 3.05. The van der Waals surface area contributed by atoms with Gasteiger partial charge in [0, 0.05) is 26.2 Å². The van der Waals surface area contributed by atoms with Crippen molar-refractivity contribution >= 4 is 0 Å². The molecule has 0 heterocycles. The average Bonchev–Trinajstić information content (AvgIpc) is 2.18. The molecule has 0 atom stereocenters. The van der Waals surface area contributed by atoms with Gasteiger partial charge in [-0.15, -0.1) is 0 Å². The van der Waals surface area contributed by atoms with Crippen molar-refractivity contribution < 1.29 is 14.2 Å². The largest absolute Gasteiger partial charge is 0.381 e. The Morgan fingerprint density at radius 2 is 1.57 bits per heavy atom. The molecule has 14 heavy (non-hydrogen) atoms. The van der Waals surface area contributed by atoms with Crippen molar-refractivity contribution in [2.75, 3.05) is 26.4 Å². The second kappa shape index (κ2) is 11.0. The molecule has 0 spiro atoms. The minimum atomic E-state index is -0.0911. The first-order valence-corrected chi connectivity index (χ1v) is 5.66. The third-order valence-electron chi connectivity index (χ3n) is 1.85. The van der Waals surface area contributed by atoms with Crippen LogP contribution in [0.5, 0.6) is 0 Å². The molecule has 0 amide bonds. The molecule has 0 bridgehead atoms. The van der Waals surface area contributed by atoms with Crippen LogP contribution in [-0.4, -0.2) is 32.7 Å². The fourth-order valence-corrected chi connectivity index (χ4v) is 1.11. The first-order valence-electron chi connectivity index (χ1n) is 5.66. The van der Waals surface area contributed by atoms with E-state index >= 15 is 0 Å². The maximum atomic E-state index is 5.44. The van der Waals surface area contributed by atoms with Gasteiger partial charge < -0.3 is 14.2 Å². The molecule has 0 rings (SSSR count). The monoisotopic (exact) mass is 204 g/mol. The highest BCUT2D eigenvalue weighted by Gasteiger charge is 2.06. The van der Waals surface area contributed by atoms with Crippen LogP contribution in [0.3, 0.4) is 0 Å². The summed E-state index contributed by atoms with van der Waals surface area (Å²) in [6.45, 7) is 9.08. The maximum Gasteiger partial charge on any atom is 0.159 e. The zero-order chi connectivity index (χ0) is 10.6. The van der Waals surface area contributed by atoms with Gasteiger partial charge in [0.25, 0.3) is 0 Å². The lowest BCUT2D eigenvalue weighted by molar-refractivity contribution is -0.146. The quantitative estimate of drug-likeness (QED) is 0.404. The lowest BCUT2D eigenvalue weighted by Gasteiger charge is -2.16. The Morgan fingerprint density at radius 1 is 0.929 bits per heavy atom. The van der Waals surface area contributed by atoms with Crippen molar-refractivity contribution in [3.8, 4) is 0 Å². The molecule has 0 aromatic rings. The van der Waals surface area contributed by atoms with E-state index in [0.29, 0.717) is 13.2 Å². The third kappa shape index (κ3) is 8.48. The zero-order valence-corrected chi connectivity index (χ0v) is 9.75. The molecule has 0 aliphatic heterocycles. The van der Waals surface area contributed by atoms with Gasteiger partial charge in [-0.3, -0.25) is 0 Å². The predicted octanol–water partition coefficient (Wildman–Crippen LogP) is 2.59. The van der Waals surface area contributed by atoms with Gasteiger partial charge in [0.05, 0.1) is 6.61 Å². The summed E-state index contributed by atoms with van der Waals surface area (Å²) < 4.78 is 16.2. The van der Waals surface area contributed by atoms with Gasteiger partial charge in [-0.25, -0.2) is 0 Å². The SMILES string of the molecule is CCCCOCCC(OCC)OCC. The second-order valence-corrected chi connectivity index (χ2v) is 3.09. The Kier molecular flexibility index (Phi) is 10.9. The molecule has 86 valence electrons. The van der Waals surface area contributed by atoms with Crippen LogP contribution in [0.1, 0.15) is 40.0 Å². The summed E-state index contributed by atoms with van der Waals surface area (Å²) in [4.78, 5) is 0. The number of unbranched alkanes of at least 4 members (excludes halogenated alkanes) is 1. The van der Waals surface area contributed by atoms with Crippen molar-refractivity contribution in [2.45, 2.75) is 46.3 Å². The van der Waals surface area contributed by atoms with Crippen LogP contribution < -0.4 is 0 Å². The van der Waals surface area contributed by atoms with E-state index in [2.05, 4.69) is 6.92 Å². The van der Waals surface area contributed by atoms with Crippen molar-refractivity contribution in [2.24, 2.45) is 0 Å². The maximum absolute atomic E-state index is 5.44. The van der Waals surface area contributed by atoms with Crippen LogP contribution in [0.4, 0.5) is 0 Å². The fraction of sp³-hybridized carbons (Fsp3) is 1.00. The van der Waals surface area contributed by atoms with Gasteiger partial charge in [-0.1, -0.05) is 13.3 Å². The predicted molar refractivity (Wildman–Crippen MR) is 57.4 cm³/mol. The summed E-state index contributed by atoms with van der Waals surface area (Å²) in [5.74, 6) is 0. The molecule has 0 aliphatic carbocycles. The van der Waals surface area contributed by atoms with Crippen molar-refractivity contribution in [1.29, 1.82) is 0 Å². The van der Waals surface area contributed by atoms with Crippen LogP contribution >= 0.6 is 0 Å². The number of hydrogen-bond donors (Lipinski definition) is 0. The molecular formula is C11H24O3. The minimum absolute atomic E-state index is 0.0911. The molecule has 0 saturated heterocycles. The van der Waals surface area contributed by atoms with Crippen LogP contribution in [0, 0.1) is 0 Å². The Bertz CT molecular complexity index is 101. The second-order valence-electron chi connectivity index (χ2n) is 3.09. The molecule has 0 aliphatic rings. The molecule has 0 radical (unpaired) electrons. The van der Waals surface area contributed by atoms with Gasteiger partial charge >= 0.3 is 0 Å². The van der Waals surface area contributed by atoms with Crippen molar-refractivity contribution in [1.82, 2.24) is 0 Å². The number of hydrogen-bond acceptors (Lipinski definition) is 3. The molecule has 3 heteroatoms. The van der Waals surface area contributed by atoms with E-state index in [1.54, 1.807) is 0 Å². The molecule has 0 fully saturated rings. The summed E-state index contributed by atoms with van der Waals surface area (Å²) >= 11 is 0. The van der Waals surface area contributed by atoms with Gasteiger partial charge in [0.15, 0.2) is 6.29 Å². The van der Waals surface area contributed by atoms with Crippen molar-refractivity contribution in [3.05, 3.63) is 0 Å². The first-order chi connectivity index (χ1) is 6.85. The van der Waals surface area contributed by atoms with E-state index in [9.17, 15) is 0 Å². The lowest BCUT2D eigenvalue weighted by Crippen LogP contribution is -2.19. The van der Waals surface area contributed by atoms with E-state index in [0.717, 1.165) is 26.1 Å². The van der Waals surface area contributed by atoms with Gasteiger partial charge in [0.1, 0.15) is 0 Å². The smallest absolute Gasteiger partial charge is 0.159 e. The summed E-state index contributed by atoms with van der Waals surface area (Å²) in [7, 11) is 0. The Morgan fingerprint density at radius 3 is 2.07 bits per heavy atom. The number of ether oxygens (including phenoxy) is 3.